The van der Waals surface area contributed by atoms with Crippen molar-refractivity contribution in [3.05, 3.63) is 0 Å². The smallest absolute Gasteiger partial charge is 0.340 e. The van der Waals surface area contributed by atoms with E-state index >= 15 is 0 Å². The van der Waals surface area contributed by atoms with Crippen molar-refractivity contribution in [1.82, 2.24) is 5.32 Å². The molecule has 0 aromatic carbocycles. The van der Waals surface area contributed by atoms with Crippen LogP contribution in [0.5, 0.6) is 0 Å². The SMILES string of the molecule is CC(C)C(C#N)NC(=O)CCC(F)(F)F. The van der Waals surface area contributed by atoms with Crippen molar-refractivity contribution in [3.8, 4) is 6.07 Å². The van der Waals surface area contributed by atoms with E-state index in [1.807, 2.05) is 6.07 Å². The van der Waals surface area contributed by atoms with E-state index in [0.29, 0.717) is 0 Å². The van der Waals surface area contributed by atoms with Crippen molar-refractivity contribution in [2.45, 2.75) is 38.9 Å². The fourth-order valence-corrected chi connectivity index (χ4v) is 0.849. The van der Waals surface area contributed by atoms with Gasteiger partial charge < -0.3 is 5.32 Å². The maximum atomic E-state index is 11.7. The Bertz CT molecular complexity index is 255. The molecule has 0 bridgehead atoms. The second-order valence-corrected chi connectivity index (χ2v) is 3.53. The lowest BCUT2D eigenvalue weighted by Gasteiger charge is -2.15. The van der Waals surface area contributed by atoms with Gasteiger partial charge in [-0.1, -0.05) is 13.8 Å². The molecule has 0 saturated heterocycles. The number of halogens is 3. The maximum Gasteiger partial charge on any atom is 0.389 e. The van der Waals surface area contributed by atoms with Gasteiger partial charge in [0, 0.05) is 6.42 Å². The van der Waals surface area contributed by atoms with E-state index in [0.717, 1.165) is 0 Å². The molecule has 0 aromatic heterocycles. The van der Waals surface area contributed by atoms with Crippen LogP contribution in [0.4, 0.5) is 13.2 Å². The molecule has 0 rings (SSSR count). The van der Waals surface area contributed by atoms with Gasteiger partial charge >= 0.3 is 6.18 Å². The summed E-state index contributed by atoms with van der Waals surface area (Å²) >= 11 is 0. The number of carbonyl (C=O) groups excluding carboxylic acids is 1. The van der Waals surface area contributed by atoms with Crippen LogP contribution in [0, 0.1) is 17.2 Å². The van der Waals surface area contributed by atoms with Gasteiger partial charge in [-0.2, -0.15) is 18.4 Å². The summed E-state index contributed by atoms with van der Waals surface area (Å²) < 4.78 is 35.2. The zero-order valence-electron chi connectivity index (χ0n) is 8.56. The van der Waals surface area contributed by atoms with E-state index in [2.05, 4.69) is 5.32 Å². The highest BCUT2D eigenvalue weighted by molar-refractivity contribution is 5.76. The maximum absolute atomic E-state index is 11.7. The van der Waals surface area contributed by atoms with Gasteiger partial charge in [-0.15, -0.1) is 0 Å². The first-order chi connectivity index (χ1) is 6.76. The molecule has 0 heterocycles. The van der Waals surface area contributed by atoms with Crippen LogP contribution in [-0.4, -0.2) is 18.1 Å². The molecule has 1 unspecified atom stereocenters. The standard InChI is InChI=1S/C9H13F3N2O/c1-6(2)7(5-13)14-8(15)3-4-9(10,11)12/h6-7H,3-4H2,1-2H3,(H,14,15). The first-order valence-electron chi connectivity index (χ1n) is 4.52. The first-order valence-corrected chi connectivity index (χ1v) is 4.52. The van der Waals surface area contributed by atoms with Gasteiger partial charge in [0.1, 0.15) is 6.04 Å². The van der Waals surface area contributed by atoms with Crippen molar-refractivity contribution >= 4 is 5.91 Å². The highest BCUT2D eigenvalue weighted by Crippen LogP contribution is 2.21. The van der Waals surface area contributed by atoms with E-state index in [-0.39, 0.29) is 5.92 Å². The summed E-state index contributed by atoms with van der Waals surface area (Å²) in [7, 11) is 0. The van der Waals surface area contributed by atoms with Gasteiger partial charge in [0.05, 0.1) is 12.5 Å². The molecule has 1 N–H and O–H groups in total. The minimum Gasteiger partial charge on any atom is -0.340 e. The highest BCUT2D eigenvalue weighted by Gasteiger charge is 2.28. The topological polar surface area (TPSA) is 52.9 Å². The molecular weight excluding hydrogens is 209 g/mol. The number of nitriles is 1. The molecule has 3 nitrogen and oxygen atoms in total. The van der Waals surface area contributed by atoms with Crippen LogP contribution < -0.4 is 5.32 Å². The number of alkyl halides is 3. The van der Waals surface area contributed by atoms with Crippen LogP contribution in [-0.2, 0) is 4.79 Å². The van der Waals surface area contributed by atoms with Gasteiger partial charge in [0.25, 0.3) is 0 Å². The Hall–Kier alpha value is -1.25. The van der Waals surface area contributed by atoms with Crippen molar-refractivity contribution < 1.29 is 18.0 Å². The summed E-state index contributed by atoms with van der Waals surface area (Å²) in [6, 6.07) is 1.09. The lowest BCUT2D eigenvalue weighted by molar-refractivity contribution is -0.144. The average Bonchev–Trinajstić information content (AvgIpc) is 2.09. The Balaban J connectivity index is 3.99. The molecular formula is C9H13F3N2O. The van der Waals surface area contributed by atoms with Crippen LogP contribution in [0.1, 0.15) is 26.7 Å². The molecule has 86 valence electrons. The molecule has 0 spiro atoms. The van der Waals surface area contributed by atoms with Crippen molar-refractivity contribution in [2.24, 2.45) is 5.92 Å². The van der Waals surface area contributed by atoms with E-state index in [4.69, 9.17) is 5.26 Å². The zero-order valence-corrected chi connectivity index (χ0v) is 8.56. The third-order valence-electron chi connectivity index (χ3n) is 1.76. The summed E-state index contributed by atoms with van der Waals surface area (Å²) in [6.45, 7) is 3.41. The van der Waals surface area contributed by atoms with Gasteiger partial charge in [-0.25, -0.2) is 0 Å². The number of amides is 1. The van der Waals surface area contributed by atoms with E-state index in [9.17, 15) is 18.0 Å². The number of nitrogens with zero attached hydrogens (tertiary/aromatic N) is 1. The molecule has 0 aliphatic carbocycles. The van der Waals surface area contributed by atoms with Crippen LogP contribution >= 0.6 is 0 Å². The molecule has 6 heteroatoms. The number of hydrogen-bond acceptors (Lipinski definition) is 2. The normalized spacial score (nSPS) is 13.4. The Morgan fingerprint density at radius 3 is 2.33 bits per heavy atom. The molecule has 1 atom stereocenters. The molecule has 0 fully saturated rings. The molecule has 15 heavy (non-hydrogen) atoms. The van der Waals surface area contributed by atoms with Crippen molar-refractivity contribution in [2.75, 3.05) is 0 Å². The predicted molar refractivity (Wildman–Crippen MR) is 47.7 cm³/mol. The van der Waals surface area contributed by atoms with Crippen LogP contribution in [0.2, 0.25) is 0 Å². The number of hydrogen-bond donors (Lipinski definition) is 1. The third-order valence-corrected chi connectivity index (χ3v) is 1.76. The molecule has 0 radical (unpaired) electrons. The van der Waals surface area contributed by atoms with Crippen LogP contribution in [0.3, 0.4) is 0 Å². The second-order valence-electron chi connectivity index (χ2n) is 3.53. The minimum absolute atomic E-state index is 0.121. The Kier molecular flexibility index (Phi) is 5.12. The number of carbonyl (C=O) groups is 1. The average molecular weight is 222 g/mol. The third kappa shape index (κ3) is 6.77. The Labute approximate surface area is 86.3 Å². The minimum atomic E-state index is -4.34. The summed E-state index contributed by atoms with van der Waals surface area (Å²) in [5, 5.41) is 10.8. The fraction of sp³-hybridized carbons (Fsp3) is 0.778. The zero-order chi connectivity index (χ0) is 12.1. The predicted octanol–water partition coefficient (Wildman–Crippen LogP) is 1.99. The molecule has 0 aliphatic rings. The van der Waals surface area contributed by atoms with Gasteiger partial charge in [0.15, 0.2) is 0 Å². The summed E-state index contributed by atoms with van der Waals surface area (Å²) in [4.78, 5) is 11.0. The Morgan fingerprint density at radius 2 is 2.00 bits per heavy atom. The summed E-state index contributed by atoms with van der Waals surface area (Å²) in [5.41, 5.74) is 0. The molecule has 0 aliphatic heterocycles. The van der Waals surface area contributed by atoms with Gasteiger partial charge in [-0.3, -0.25) is 4.79 Å². The molecule has 0 aromatic rings. The number of nitrogens with one attached hydrogen (secondary N) is 1. The van der Waals surface area contributed by atoms with Gasteiger partial charge in [0.2, 0.25) is 5.91 Å². The van der Waals surface area contributed by atoms with Crippen molar-refractivity contribution in [1.29, 1.82) is 5.26 Å². The molecule has 0 saturated carbocycles. The quantitative estimate of drug-likeness (QED) is 0.790. The van der Waals surface area contributed by atoms with E-state index < -0.39 is 31.0 Å². The number of rotatable bonds is 4. The lowest BCUT2D eigenvalue weighted by atomic mass is 10.1. The van der Waals surface area contributed by atoms with Crippen LogP contribution in [0.15, 0.2) is 0 Å². The van der Waals surface area contributed by atoms with Gasteiger partial charge in [-0.05, 0) is 5.92 Å². The second kappa shape index (κ2) is 5.59. The van der Waals surface area contributed by atoms with E-state index in [1.165, 1.54) is 0 Å². The Morgan fingerprint density at radius 1 is 1.47 bits per heavy atom. The highest BCUT2D eigenvalue weighted by atomic mass is 19.4. The first kappa shape index (κ1) is 13.8. The summed E-state index contributed by atoms with van der Waals surface area (Å²) in [6.07, 6.45) is -6.12. The summed E-state index contributed by atoms with van der Waals surface area (Å²) in [5.74, 6) is -0.864. The van der Waals surface area contributed by atoms with E-state index in [1.54, 1.807) is 13.8 Å². The monoisotopic (exact) mass is 222 g/mol. The van der Waals surface area contributed by atoms with Crippen molar-refractivity contribution in [3.63, 3.8) is 0 Å². The largest absolute Gasteiger partial charge is 0.389 e. The lowest BCUT2D eigenvalue weighted by Crippen LogP contribution is -2.37. The molecule has 1 amide bonds. The van der Waals surface area contributed by atoms with Crippen LogP contribution in [0.25, 0.3) is 0 Å². The fourth-order valence-electron chi connectivity index (χ4n) is 0.849.